The van der Waals surface area contributed by atoms with Crippen molar-refractivity contribution in [2.75, 3.05) is 31.1 Å². The van der Waals surface area contributed by atoms with Crippen LogP contribution in [0.3, 0.4) is 0 Å². The lowest BCUT2D eigenvalue weighted by atomic mass is 9.99. The summed E-state index contributed by atoms with van der Waals surface area (Å²) in [5.74, 6) is 1.46. The van der Waals surface area contributed by atoms with Crippen molar-refractivity contribution in [2.24, 2.45) is 0 Å². The van der Waals surface area contributed by atoms with Gasteiger partial charge in [0.2, 0.25) is 0 Å². The van der Waals surface area contributed by atoms with E-state index < -0.39 is 0 Å². The zero-order chi connectivity index (χ0) is 23.4. The molecule has 6 rings (SSSR count). The smallest absolute Gasteiger partial charge is 0.158 e. The first-order valence-corrected chi connectivity index (χ1v) is 12.7. The van der Waals surface area contributed by atoms with E-state index in [0.717, 1.165) is 48.8 Å². The number of H-pyrrole nitrogens is 1. The second-order valence-electron chi connectivity index (χ2n) is 9.46. The minimum absolute atomic E-state index is 0.385. The third-order valence-electron chi connectivity index (χ3n) is 6.73. The molecule has 0 bridgehead atoms. The highest BCUT2D eigenvalue weighted by atomic mass is 32.1. The fraction of sp³-hybridized carbons (Fsp3) is 0.346. The molecule has 5 aromatic rings. The predicted octanol–water partition coefficient (Wildman–Crippen LogP) is 5.15. The number of aryl methyl sites for hydroxylation is 2. The number of anilines is 1. The highest BCUT2D eigenvalue weighted by molar-refractivity contribution is 7.22. The number of thiophene rings is 1. The number of hydrogen-bond acceptors (Lipinski definition) is 6. The molecule has 5 aromatic heterocycles. The zero-order valence-corrected chi connectivity index (χ0v) is 20.8. The van der Waals surface area contributed by atoms with Gasteiger partial charge in [0.25, 0.3) is 0 Å². The van der Waals surface area contributed by atoms with Crippen molar-refractivity contribution in [3.05, 3.63) is 53.6 Å². The summed E-state index contributed by atoms with van der Waals surface area (Å²) in [6, 6.07) is 6.72. The fourth-order valence-corrected chi connectivity index (χ4v) is 6.40. The number of aromatic amines is 1. The number of piperazine rings is 1. The van der Waals surface area contributed by atoms with Crippen molar-refractivity contribution in [3.8, 4) is 21.7 Å². The standard InChI is InChI=1S/C26H29N7S/c1-15(2)23-24(18-9-17(4)26-29-14-30-33(26)13-18)31-20-11-21(34-25(20)23)19-12-28-22(10-16(19)3)32-7-5-27-6-8-32/h9-15,27,31H,5-8H2,1-4H3. The van der Waals surface area contributed by atoms with Crippen LogP contribution < -0.4 is 10.2 Å². The van der Waals surface area contributed by atoms with Gasteiger partial charge in [0, 0.05) is 54.6 Å². The molecule has 6 heterocycles. The van der Waals surface area contributed by atoms with Crippen LogP contribution in [0.2, 0.25) is 0 Å². The second kappa shape index (κ2) is 8.21. The molecule has 174 valence electrons. The van der Waals surface area contributed by atoms with Gasteiger partial charge in [-0.05, 0) is 54.7 Å². The van der Waals surface area contributed by atoms with Gasteiger partial charge in [0.15, 0.2) is 5.65 Å². The van der Waals surface area contributed by atoms with Crippen LogP contribution in [0.15, 0.2) is 36.9 Å². The summed E-state index contributed by atoms with van der Waals surface area (Å²) in [4.78, 5) is 16.5. The first kappa shape index (κ1) is 21.3. The van der Waals surface area contributed by atoms with E-state index in [4.69, 9.17) is 4.98 Å². The fourth-order valence-electron chi connectivity index (χ4n) is 5.01. The Morgan fingerprint density at radius 3 is 2.62 bits per heavy atom. The maximum atomic E-state index is 4.83. The normalized spacial score (nSPS) is 14.7. The lowest BCUT2D eigenvalue weighted by Gasteiger charge is -2.28. The minimum Gasteiger partial charge on any atom is -0.354 e. The quantitative estimate of drug-likeness (QED) is 0.379. The molecule has 7 nitrogen and oxygen atoms in total. The Balaban J connectivity index is 1.42. The molecular formula is C26H29N7S. The molecule has 0 atom stereocenters. The van der Waals surface area contributed by atoms with Gasteiger partial charge in [-0.2, -0.15) is 5.10 Å². The zero-order valence-electron chi connectivity index (χ0n) is 20.0. The second-order valence-corrected chi connectivity index (χ2v) is 10.5. The average molecular weight is 472 g/mol. The average Bonchev–Trinajstić information content (AvgIpc) is 3.53. The summed E-state index contributed by atoms with van der Waals surface area (Å²) < 4.78 is 3.19. The first-order chi connectivity index (χ1) is 16.5. The molecule has 34 heavy (non-hydrogen) atoms. The van der Waals surface area contributed by atoms with Crippen LogP contribution in [0, 0.1) is 13.8 Å². The van der Waals surface area contributed by atoms with Crippen LogP contribution in [0.25, 0.3) is 37.6 Å². The van der Waals surface area contributed by atoms with Gasteiger partial charge in [0.1, 0.15) is 12.1 Å². The molecule has 8 heteroatoms. The summed E-state index contributed by atoms with van der Waals surface area (Å²) in [7, 11) is 0. The van der Waals surface area contributed by atoms with Gasteiger partial charge in [-0.15, -0.1) is 11.3 Å². The van der Waals surface area contributed by atoms with Gasteiger partial charge in [-0.3, -0.25) is 0 Å². The molecule has 0 unspecified atom stereocenters. The monoisotopic (exact) mass is 471 g/mol. The lowest BCUT2D eigenvalue weighted by molar-refractivity contribution is 0.585. The molecule has 0 aliphatic carbocycles. The summed E-state index contributed by atoms with van der Waals surface area (Å²) >= 11 is 1.86. The van der Waals surface area contributed by atoms with Crippen molar-refractivity contribution >= 4 is 33.0 Å². The molecule has 1 saturated heterocycles. The minimum atomic E-state index is 0.385. The number of rotatable bonds is 4. The van der Waals surface area contributed by atoms with Crippen LogP contribution >= 0.6 is 11.3 Å². The van der Waals surface area contributed by atoms with E-state index >= 15 is 0 Å². The van der Waals surface area contributed by atoms with Crippen LogP contribution in [0.5, 0.6) is 0 Å². The maximum absolute atomic E-state index is 4.83. The van der Waals surface area contributed by atoms with Crippen molar-refractivity contribution in [2.45, 2.75) is 33.6 Å². The Kier molecular flexibility index (Phi) is 5.15. The van der Waals surface area contributed by atoms with Crippen molar-refractivity contribution < 1.29 is 0 Å². The Morgan fingerprint density at radius 1 is 1.03 bits per heavy atom. The molecule has 1 fully saturated rings. The van der Waals surface area contributed by atoms with E-state index in [-0.39, 0.29) is 0 Å². The Hall–Kier alpha value is -3.23. The van der Waals surface area contributed by atoms with E-state index in [1.54, 1.807) is 6.33 Å². The van der Waals surface area contributed by atoms with Crippen molar-refractivity contribution in [3.63, 3.8) is 0 Å². The topological polar surface area (TPSA) is 74.1 Å². The number of nitrogens with zero attached hydrogens (tertiary/aromatic N) is 5. The largest absolute Gasteiger partial charge is 0.354 e. The Morgan fingerprint density at radius 2 is 1.85 bits per heavy atom. The SMILES string of the molecule is Cc1cc(N2CCNCC2)ncc1-c1cc2[nH]c(-c3cc(C)c4ncnn4c3)c(C(C)C)c2s1. The van der Waals surface area contributed by atoms with Gasteiger partial charge in [0.05, 0.1) is 15.9 Å². The van der Waals surface area contributed by atoms with Crippen LogP contribution in [-0.4, -0.2) is 50.7 Å². The lowest BCUT2D eigenvalue weighted by Crippen LogP contribution is -2.43. The van der Waals surface area contributed by atoms with Crippen molar-refractivity contribution in [1.82, 2.24) is 29.9 Å². The van der Waals surface area contributed by atoms with Crippen LogP contribution in [0.4, 0.5) is 5.82 Å². The molecule has 0 aromatic carbocycles. The number of pyridine rings is 2. The highest BCUT2D eigenvalue weighted by Crippen LogP contribution is 2.43. The molecule has 0 spiro atoms. The van der Waals surface area contributed by atoms with Gasteiger partial charge >= 0.3 is 0 Å². The molecule has 0 radical (unpaired) electrons. The predicted molar refractivity (Wildman–Crippen MR) is 140 cm³/mol. The van der Waals surface area contributed by atoms with Crippen LogP contribution in [-0.2, 0) is 0 Å². The van der Waals surface area contributed by atoms with E-state index in [9.17, 15) is 0 Å². The van der Waals surface area contributed by atoms with Gasteiger partial charge < -0.3 is 15.2 Å². The molecular weight excluding hydrogens is 442 g/mol. The molecule has 1 aliphatic heterocycles. The molecule has 0 amide bonds. The maximum Gasteiger partial charge on any atom is 0.158 e. The summed E-state index contributed by atoms with van der Waals surface area (Å²) in [5, 5.41) is 7.78. The van der Waals surface area contributed by atoms with Crippen LogP contribution in [0.1, 0.15) is 36.5 Å². The van der Waals surface area contributed by atoms with E-state index in [1.165, 1.54) is 37.5 Å². The van der Waals surface area contributed by atoms with Gasteiger partial charge in [-0.25, -0.2) is 14.5 Å². The Labute approximate surface area is 202 Å². The summed E-state index contributed by atoms with van der Waals surface area (Å²) in [6.45, 7) is 12.9. The van der Waals surface area contributed by atoms with E-state index in [0.29, 0.717) is 5.92 Å². The summed E-state index contributed by atoms with van der Waals surface area (Å²) in [5.41, 5.74) is 9.35. The third kappa shape index (κ3) is 3.49. The first-order valence-electron chi connectivity index (χ1n) is 11.9. The molecule has 0 saturated carbocycles. The van der Waals surface area contributed by atoms with E-state index in [1.807, 2.05) is 15.9 Å². The third-order valence-corrected chi connectivity index (χ3v) is 7.94. The van der Waals surface area contributed by atoms with Gasteiger partial charge in [-0.1, -0.05) is 13.8 Å². The summed E-state index contributed by atoms with van der Waals surface area (Å²) in [6.07, 6.45) is 5.73. The number of hydrogen-bond donors (Lipinski definition) is 2. The number of nitrogens with one attached hydrogen (secondary N) is 2. The van der Waals surface area contributed by atoms with E-state index in [2.05, 4.69) is 83.6 Å². The highest BCUT2D eigenvalue weighted by Gasteiger charge is 2.21. The molecule has 1 aliphatic rings. The number of aromatic nitrogens is 5. The number of fused-ring (bicyclic) bond motifs is 2. The van der Waals surface area contributed by atoms with Crippen molar-refractivity contribution in [1.29, 1.82) is 0 Å². The Bertz CT molecular complexity index is 1500. The molecule has 2 N–H and O–H groups in total.